The van der Waals surface area contributed by atoms with Gasteiger partial charge in [0.2, 0.25) is 5.91 Å². The van der Waals surface area contributed by atoms with E-state index < -0.39 is 17.3 Å². The van der Waals surface area contributed by atoms with Crippen molar-refractivity contribution in [3.63, 3.8) is 0 Å². The van der Waals surface area contributed by atoms with Crippen LogP contribution in [0.1, 0.15) is 44.9 Å². The predicted octanol–water partition coefficient (Wildman–Crippen LogP) is 5.91. The van der Waals surface area contributed by atoms with Crippen molar-refractivity contribution in [2.75, 3.05) is 18.0 Å². The van der Waals surface area contributed by atoms with Crippen molar-refractivity contribution >= 4 is 33.7 Å². The zero-order valence-corrected chi connectivity index (χ0v) is 25.1. The number of amides is 1. The highest BCUT2D eigenvalue weighted by atomic mass is 19.1. The SMILES string of the molecule is C=CC(=O)N1C[C@H](C)N(c2nc(=O)n(-c3c(C)ccnc3C(C)C)c3nc(-c4c(F)ccc5ccoc45)c(F)cc23)[C@@H](C)C1. The Balaban J connectivity index is 1.69. The number of carbonyl (C=O) groups is 1. The molecule has 1 amide bonds. The number of nitrogens with zero attached hydrogens (tertiary/aromatic N) is 6. The molecule has 0 saturated carbocycles. The molecule has 0 N–H and O–H groups in total. The summed E-state index contributed by atoms with van der Waals surface area (Å²) in [6.07, 6.45) is 4.34. The Hall–Kier alpha value is -4.93. The standard InChI is InChI=1S/C33H32F2N6O3/c1-7-25(42)39-15-19(5)40(20(6)16-39)32-22-14-24(35)28(26-23(34)9-8-21-11-13-44-30(21)26)37-31(22)41(33(43)38-32)29-18(4)10-12-36-27(29)17(2)3/h7-14,17,19-20H,1,15-16H2,2-6H3/t19-,20-/m0/s1. The van der Waals surface area contributed by atoms with E-state index in [1.54, 1.807) is 29.3 Å². The Morgan fingerprint density at radius 3 is 2.50 bits per heavy atom. The number of rotatable bonds is 5. The average Bonchev–Trinajstić information content (AvgIpc) is 3.46. The Morgan fingerprint density at radius 2 is 1.82 bits per heavy atom. The summed E-state index contributed by atoms with van der Waals surface area (Å²) in [7, 11) is 0. The van der Waals surface area contributed by atoms with Gasteiger partial charge in [0.1, 0.15) is 22.9 Å². The van der Waals surface area contributed by atoms with Crippen LogP contribution >= 0.6 is 0 Å². The van der Waals surface area contributed by atoms with Crippen molar-refractivity contribution in [3.8, 4) is 16.9 Å². The predicted molar refractivity (Wildman–Crippen MR) is 165 cm³/mol. The molecule has 4 aromatic heterocycles. The van der Waals surface area contributed by atoms with E-state index in [0.717, 1.165) is 5.56 Å². The Labute approximate surface area is 252 Å². The number of halogens is 2. The molecule has 11 heteroatoms. The molecule has 1 aromatic carbocycles. The number of hydrogen-bond donors (Lipinski definition) is 0. The van der Waals surface area contributed by atoms with Gasteiger partial charge in [0.25, 0.3) is 0 Å². The molecule has 9 nitrogen and oxygen atoms in total. The van der Waals surface area contributed by atoms with Crippen molar-refractivity contribution < 1.29 is 18.0 Å². The lowest BCUT2D eigenvalue weighted by atomic mass is 10.0. The lowest BCUT2D eigenvalue weighted by Crippen LogP contribution is -2.58. The zero-order chi connectivity index (χ0) is 31.4. The molecule has 1 fully saturated rings. The summed E-state index contributed by atoms with van der Waals surface area (Å²) in [6, 6.07) is 6.90. The highest BCUT2D eigenvalue weighted by Gasteiger charge is 2.35. The highest BCUT2D eigenvalue weighted by molar-refractivity contribution is 5.96. The molecule has 1 saturated heterocycles. The third-order valence-electron chi connectivity index (χ3n) is 8.18. The molecule has 0 bridgehead atoms. The summed E-state index contributed by atoms with van der Waals surface area (Å²) in [5.41, 5.74) is 1.02. The maximum absolute atomic E-state index is 16.2. The van der Waals surface area contributed by atoms with E-state index in [0.29, 0.717) is 29.9 Å². The summed E-state index contributed by atoms with van der Waals surface area (Å²) in [5, 5.41) is 0.841. The fourth-order valence-electron chi connectivity index (χ4n) is 6.24. The van der Waals surface area contributed by atoms with E-state index >= 15 is 8.78 Å². The molecule has 0 radical (unpaired) electrons. The summed E-state index contributed by atoms with van der Waals surface area (Å²) in [6.45, 7) is 13.9. The molecule has 6 rings (SSSR count). The van der Waals surface area contributed by atoms with E-state index in [2.05, 4.69) is 16.5 Å². The number of anilines is 1. The van der Waals surface area contributed by atoms with Crippen molar-refractivity contribution in [1.29, 1.82) is 0 Å². The van der Waals surface area contributed by atoms with E-state index in [9.17, 15) is 9.59 Å². The molecule has 0 unspecified atom stereocenters. The molecule has 1 aliphatic heterocycles. The molecule has 1 aliphatic rings. The molecule has 226 valence electrons. The van der Waals surface area contributed by atoms with Crippen LogP contribution in [0.4, 0.5) is 14.6 Å². The maximum atomic E-state index is 16.2. The normalized spacial score (nSPS) is 17.2. The van der Waals surface area contributed by atoms with Gasteiger partial charge in [0.05, 0.1) is 28.6 Å². The smallest absolute Gasteiger partial charge is 0.355 e. The number of piperazine rings is 1. The summed E-state index contributed by atoms with van der Waals surface area (Å²) < 4.78 is 38.5. The highest BCUT2D eigenvalue weighted by Crippen LogP contribution is 2.37. The van der Waals surface area contributed by atoms with Crippen LogP contribution in [0.5, 0.6) is 0 Å². The van der Waals surface area contributed by atoms with Crippen LogP contribution in [0.3, 0.4) is 0 Å². The molecular weight excluding hydrogens is 566 g/mol. The number of pyridine rings is 2. The second-order valence-electron chi connectivity index (χ2n) is 11.6. The Bertz CT molecular complexity index is 2010. The third kappa shape index (κ3) is 4.63. The van der Waals surface area contributed by atoms with Crippen LogP contribution in [-0.4, -0.2) is 55.5 Å². The van der Waals surface area contributed by atoms with Crippen molar-refractivity contribution in [2.45, 2.75) is 52.6 Å². The largest absolute Gasteiger partial charge is 0.464 e. The molecular formula is C33H32F2N6O3. The number of aryl methyl sites for hydroxylation is 1. The number of aromatic nitrogens is 4. The Morgan fingerprint density at radius 1 is 1.09 bits per heavy atom. The van der Waals surface area contributed by atoms with Gasteiger partial charge in [0.15, 0.2) is 11.5 Å². The second kappa shape index (κ2) is 11.0. The van der Waals surface area contributed by atoms with E-state index in [-0.39, 0.29) is 57.6 Å². The minimum absolute atomic E-state index is 0.0729. The summed E-state index contributed by atoms with van der Waals surface area (Å²) in [4.78, 5) is 43.9. The first kappa shape index (κ1) is 29.2. The molecule has 0 aliphatic carbocycles. The minimum Gasteiger partial charge on any atom is -0.464 e. The van der Waals surface area contributed by atoms with Crippen LogP contribution in [0.25, 0.3) is 38.9 Å². The molecule has 5 aromatic rings. The number of hydrogen-bond acceptors (Lipinski definition) is 7. The van der Waals surface area contributed by atoms with Gasteiger partial charge < -0.3 is 14.2 Å². The topological polar surface area (TPSA) is 97.4 Å². The Kier molecular flexibility index (Phi) is 7.27. The number of carbonyl (C=O) groups excluding carboxylic acids is 1. The lowest BCUT2D eigenvalue weighted by molar-refractivity contribution is -0.127. The van der Waals surface area contributed by atoms with Gasteiger partial charge in [-0.25, -0.2) is 23.1 Å². The summed E-state index contributed by atoms with van der Waals surface area (Å²) in [5.74, 6) is -1.56. The van der Waals surface area contributed by atoms with Gasteiger partial charge in [-0.1, -0.05) is 20.4 Å². The maximum Gasteiger partial charge on any atom is 0.355 e. The monoisotopic (exact) mass is 598 g/mol. The number of benzene rings is 1. The van der Waals surface area contributed by atoms with E-state index in [4.69, 9.17) is 9.40 Å². The van der Waals surface area contributed by atoms with Gasteiger partial charge in [-0.05, 0) is 68.7 Å². The van der Waals surface area contributed by atoms with E-state index in [1.165, 1.54) is 29.0 Å². The van der Waals surface area contributed by atoms with Gasteiger partial charge in [0, 0.05) is 36.8 Å². The third-order valence-corrected chi connectivity index (χ3v) is 8.18. The quantitative estimate of drug-likeness (QED) is 0.232. The van der Waals surface area contributed by atoms with Crippen LogP contribution in [0.2, 0.25) is 0 Å². The summed E-state index contributed by atoms with van der Waals surface area (Å²) >= 11 is 0. The first-order valence-corrected chi connectivity index (χ1v) is 14.5. The fourth-order valence-corrected chi connectivity index (χ4v) is 6.24. The second-order valence-corrected chi connectivity index (χ2v) is 11.6. The van der Waals surface area contributed by atoms with Crippen molar-refractivity contribution in [1.82, 2.24) is 24.4 Å². The van der Waals surface area contributed by atoms with Crippen molar-refractivity contribution in [3.05, 3.63) is 88.8 Å². The minimum atomic E-state index is -0.804. The fraction of sp³-hybridized carbons (Fsp3) is 0.303. The average molecular weight is 599 g/mol. The van der Waals surface area contributed by atoms with Crippen molar-refractivity contribution in [2.24, 2.45) is 0 Å². The molecule has 2 atom stereocenters. The van der Waals surface area contributed by atoms with Gasteiger partial charge in [-0.2, -0.15) is 4.98 Å². The van der Waals surface area contributed by atoms with Crippen LogP contribution < -0.4 is 10.6 Å². The van der Waals surface area contributed by atoms with Crippen LogP contribution in [0, 0.1) is 18.6 Å². The van der Waals surface area contributed by atoms with Gasteiger partial charge in [-0.15, -0.1) is 0 Å². The van der Waals surface area contributed by atoms with Crippen LogP contribution in [-0.2, 0) is 4.79 Å². The molecule has 5 heterocycles. The number of fused-ring (bicyclic) bond motifs is 2. The lowest BCUT2D eigenvalue weighted by Gasteiger charge is -2.45. The van der Waals surface area contributed by atoms with Gasteiger partial charge in [-0.3, -0.25) is 9.78 Å². The first-order valence-electron chi connectivity index (χ1n) is 14.5. The molecule has 44 heavy (non-hydrogen) atoms. The van der Waals surface area contributed by atoms with E-state index in [1.807, 2.05) is 39.5 Å². The van der Waals surface area contributed by atoms with Crippen LogP contribution in [0.15, 0.2) is 64.7 Å². The number of furan rings is 1. The van der Waals surface area contributed by atoms with Gasteiger partial charge >= 0.3 is 5.69 Å². The first-order chi connectivity index (χ1) is 21.0. The molecule has 0 spiro atoms. The zero-order valence-electron chi connectivity index (χ0n) is 25.1.